The Morgan fingerprint density at radius 1 is 1.09 bits per heavy atom. The van der Waals surface area contributed by atoms with Crippen molar-refractivity contribution in [2.75, 3.05) is 12.4 Å². The number of methoxy groups -OCH3 is 1. The van der Waals surface area contributed by atoms with Gasteiger partial charge >= 0.3 is 5.97 Å². The van der Waals surface area contributed by atoms with Crippen LogP contribution < -0.4 is 5.32 Å². The zero-order valence-electron chi connectivity index (χ0n) is 12.4. The van der Waals surface area contributed by atoms with Crippen molar-refractivity contribution < 1.29 is 9.53 Å². The van der Waals surface area contributed by atoms with E-state index < -0.39 is 5.97 Å². The number of hydrogen-bond acceptors (Lipinski definition) is 5. The first-order valence-electron chi connectivity index (χ1n) is 6.74. The number of nitriles is 2. The summed E-state index contributed by atoms with van der Waals surface area (Å²) >= 11 is 0. The molecule has 0 bridgehead atoms. The van der Waals surface area contributed by atoms with Crippen LogP contribution in [0.2, 0.25) is 0 Å². The molecule has 112 valence electrons. The van der Waals surface area contributed by atoms with Crippen LogP contribution in [0.25, 0.3) is 11.1 Å². The minimum atomic E-state index is -0.390. The molecule has 0 aliphatic heterocycles. The first-order valence-corrected chi connectivity index (χ1v) is 6.74. The maximum atomic E-state index is 11.5. The third kappa shape index (κ3) is 3.75. The molecule has 0 aliphatic carbocycles. The molecule has 0 amide bonds. The number of allylic oxidation sites excluding steroid dienone is 1. The highest BCUT2D eigenvalue weighted by Crippen LogP contribution is 2.28. The molecule has 5 heteroatoms. The third-order valence-corrected chi connectivity index (χ3v) is 3.16. The van der Waals surface area contributed by atoms with E-state index in [0.717, 1.165) is 16.8 Å². The Hall–Kier alpha value is -3.57. The number of hydrogen-bond donors (Lipinski definition) is 1. The van der Waals surface area contributed by atoms with Crippen molar-refractivity contribution in [2.24, 2.45) is 0 Å². The zero-order valence-corrected chi connectivity index (χ0v) is 12.4. The molecule has 0 atom stereocenters. The van der Waals surface area contributed by atoms with Gasteiger partial charge in [0.15, 0.2) is 0 Å². The van der Waals surface area contributed by atoms with Crippen LogP contribution in [0.1, 0.15) is 10.4 Å². The van der Waals surface area contributed by atoms with Crippen molar-refractivity contribution in [3.63, 3.8) is 0 Å². The minimum Gasteiger partial charge on any atom is -0.465 e. The Morgan fingerprint density at radius 3 is 2.35 bits per heavy atom. The predicted octanol–water partition coefficient (Wildman–Crippen LogP) is 3.48. The molecule has 0 radical (unpaired) electrons. The van der Waals surface area contributed by atoms with E-state index in [-0.39, 0.29) is 5.57 Å². The van der Waals surface area contributed by atoms with Gasteiger partial charge in [-0.1, -0.05) is 30.3 Å². The fourth-order valence-corrected chi connectivity index (χ4v) is 2.00. The normalized spacial score (nSPS) is 9.17. The van der Waals surface area contributed by atoms with E-state index in [1.165, 1.54) is 13.3 Å². The lowest BCUT2D eigenvalue weighted by Crippen LogP contribution is -2.00. The van der Waals surface area contributed by atoms with Gasteiger partial charge in [-0.05, 0) is 23.8 Å². The van der Waals surface area contributed by atoms with E-state index in [1.54, 1.807) is 24.3 Å². The standard InChI is InChI=1S/C18H13N3O2/c1-23-18(22)15-8-6-14(7-9-15)16-4-2-3-5-17(16)21-12-13(10-19)11-20/h2-9,12,21H,1H3. The summed E-state index contributed by atoms with van der Waals surface area (Å²) in [7, 11) is 1.34. The van der Waals surface area contributed by atoms with E-state index in [1.807, 2.05) is 36.4 Å². The van der Waals surface area contributed by atoms with Crippen LogP contribution in [0.3, 0.4) is 0 Å². The van der Waals surface area contributed by atoms with Crippen molar-refractivity contribution in [2.45, 2.75) is 0 Å². The second kappa shape index (κ2) is 7.44. The molecule has 0 aromatic heterocycles. The van der Waals surface area contributed by atoms with Gasteiger partial charge in [0.1, 0.15) is 17.7 Å². The largest absolute Gasteiger partial charge is 0.465 e. The number of carbonyl (C=O) groups is 1. The summed E-state index contributed by atoms with van der Waals surface area (Å²) in [6.45, 7) is 0. The first-order chi connectivity index (χ1) is 11.2. The highest BCUT2D eigenvalue weighted by molar-refractivity contribution is 5.90. The molecule has 0 unspecified atom stereocenters. The van der Waals surface area contributed by atoms with E-state index in [2.05, 4.69) is 10.1 Å². The molecule has 2 aromatic rings. The Morgan fingerprint density at radius 2 is 1.74 bits per heavy atom. The summed E-state index contributed by atoms with van der Waals surface area (Å²) < 4.78 is 4.67. The lowest BCUT2D eigenvalue weighted by molar-refractivity contribution is 0.0601. The molecule has 0 heterocycles. The molecule has 2 aromatic carbocycles. The number of nitrogens with one attached hydrogen (secondary N) is 1. The van der Waals surface area contributed by atoms with Crippen LogP contribution in [0.15, 0.2) is 60.3 Å². The van der Waals surface area contributed by atoms with Gasteiger partial charge in [-0.3, -0.25) is 0 Å². The minimum absolute atomic E-state index is 0.0131. The number of nitrogens with zero attached hydrogens (tertiary/aromatic N) is 2. The van der Waals surface area contributed by atoms with Gasteiger partial charge in [-0.25, -0.2) is 4.79 Å². The first kappa shape index (κ1) is 15.8. The highest BCUT2D eigenvalue weighted by atomic mass is 16.5. The molecule has 5 nitrogen and oxygen atoms in total. The van der Waals surface area contributed by atoms with Crippen molar-refractivity contribution in [3.05, 3.63) is 65.9 Å². The fraction of sp³-hybridized carbons (Fsp3) is 0.0556. The second-order valence-electron chi connectivity index (χ2n) is 4.54. The van der Waals surface area contributed by atoms with E-state index in [0.29, 0.717) is 5.56 Å². The summed E-state index contributed by atoms with van der Waals surface area (Å²) in [6.07, 6.45) is 1.36. The quantitative estimate of drug-likeness (QED) is 0.690. The van der Waals surface area contributed by atoms with Crippen molar-refractivity contribution in [1.29, 1.82) is 10.5 Å². The van der Waals surface area contributed by atoms with E-state index >= 15 is 0 Å². The van der Waals surface area contributed by atoms with Gasteiger partial charge in [0.05, 0.1) is 12.7 Å². The summed E-state index contributed by atoms with van der Waals surface area (Å²) in [5, 5.41) is 20.5. The molecule has 0 saturated heterocycles. The Labute approximate surface area is 134 Å². The molecule has 0 saturated carbocycles. The van der Waals surface area contributed by atoms with Gasteiger partial charge in [0.2, 0.25) is 0 Å². The zero-order chi connectivity index (χ0) is 16.7. The van der Waals surface area contributed by atoms with Crippen LogP contribution in [0, 0.1) is 22.7 Å². The van der Waals surface area contributed by atoms with Crippen LogP contribution in [-0.2, 0) is 4.74 Å². The van der Waals surface area contributed by atoms with Crippen molar-refractivity contribution >= 4 is 11.7 Å². The van der Waals surface area contributed by atoms with E-state index in [9.17, 15) is 4.79 Å². The van der Waals surface area contributed by atoms with Gasteiger partial charge in [-0.15, -0.1) is 0 Å². The lowest BCUT2D eigenvalue weighted by atomic mass is 10.0. The van der Waals surface area contributed by atoms with Crippen molar-refractivity contribution in [3.8, 4) is 23.3 Å². The maximum absolute atomic E-state index is 11.5. The smallest absolute Gasteiger partial charge is 0.337 e. The lowest BCUT2D eigenvalue weighted by Gasteiger charge is -2.10. The SMILES string of the molecule is COC(=O)c1ccc(-c2ccccc2NC=C(C#N)C#N)cc1. The number of para-hydroxylation sites is 1. The summed E-state index contributed by atoms with van der Waals surface area (Å²) in [5.74, 6) is -0.390. The second-order valence-corrected chi connectivity index (χ2v) is 4.54. The summed E-state index contributed by atoms with van der Waals surface area (Å²) in [4.78, 5) is 11.5. The molecule has 1 N–H and O–H groups in total. The van der Waals surface area contributed by atoms with Gasteiger partial charge in [-0.2, -0.15) is 10.5 Å². The van der Waals surface area contributed by atoms with Gasteiger partial charge in [0.25, 0.3) is 0 Å². The number of esters is 1. The summed E-state index contributed by atoms with van der Waals surface area (Å²) in [5.41, 5.74) is 2.99. The summed E-state index contributed by atoms with van der Waals surface area (Å²) in [6, 6.07) is 18.1. The average molecular weight is 303 g/mol. The molecule has 0 aliphatic rings. The Balaban J connectivity index is 2.34. The van der Waals surface area contributed by atoms with Crippen LogP contribution in [0.5, 0.6) is 0 Å². The molecule has 0 spiro atoms. The molecular formula is C18H13N3O2. The van der Waals surface area contributed by atoms with Gasteiger partial charge in [0, 0.05) is 17.5 Å². The Kier molecular flexibility index (Phi) is 5.12. The highest BCUT2D eigenvalue weighted by Gasteiger charge is 2.07. The number of rotatable bonds is 4. The number of ether oxygens (including phenoxy) is 1. The predicted molar refractivity (Wildman–Crippen MR) is 86.1 cm³/mol. The Bertz CT molecular complexity index is 809. The molecule has 0 fully saturated rings. The monoisotopic (exact) mass is 303 g/mol. The topological polar surface area (TPSA) is 85.9 Å². The van der Waals surface area contributed by atoms with Crippen molar-refractivity contribution in [1.82, 2.24) is 0 Å². The van der Waals surface area contributed by atoms with Gasteiger partial charge < -0.3 is 10.1 Å². The van der Waals surface area contributed by atoms with Crippen LogP contribution >= 0.6 is 0 Å². The molecular weight excluding hydrogens is 290 g/mol. The fourth-order valence-electron chi connectivity index (χ4n) is 2.00. The van der Waals surface area contributed by atoms with Crippen LogP contribution in [0.4, 0.5) is 5.69 Å². The van der Waals surface area contributed by atoms with E-state index in [4.69, 9.17) is 10.5 Å². The number of benzene rings is 2. The number of carbonyl (C=O) groups excluding carboxylic acids is 1. The maximum Gasteiger partial charge on any atom is 0.337 e. The molecule has 23 heavy (non-hydrogen) atoms. The third-order valence-electron chi connectivity index (χ3n) is 3.16. The molecule has 2 rings (SSSR count). The average Bonchev–Trinajstić information content (AvgIpc) is 2.62. The van der Waals surface area contributed by atoms with Crippen LogP contribution in [-0.4, -0.2) is 13.1 Å². The number of anilines is 1.